The van der Waals surface area contributed by atoms with Crippen molar-refractivity contribution >= 4 is 0 Å². The van der Waals surface area contributed by atoms with E-state index in [0.717, 1.165) is 18.4 Å². The van der Waals surface area contributed by atoms with Gasteiger partial charge in [-0.15, -0.1) is 0 Å². The summed E-state index contributed by atoms with van der Waals surface area (Å²) >= 11 is 0. The van der Waals surface area contributed by atoms with Gasteiger partial charge in [-0.1, -0.05) is 25.0 Å². The maximum Gasteiger partial charge on any atom is 0.123 e. The number of hydrogen-bond acceptors (Lipinski definition) is 2. The van der Waals surface area contributed by atoms with Gasteiger partial charge in [0.25, 0.3) is 0 Å². The Morgan fingerprint density at radius 1 is 1.39 bits per heavy atom. The average Bonchev–Trinajstić information content (AvgIpc) is 2.39. The van der Waals surface area contributed by atoms with Crippen molar-refractivity contribution in [3.8, 4) is 0 Å². The quantitative estimate of drug-likeness (QED) is 0.862. The first-order chi connectivity index (χ1) is 8.70. The van der Waals surface area contributed by atoms with Crippen LogP contribution in [0.4, 0.5) is 4.39 Å². The molecule has 100 valence electrons. The second kappa shape index (κ2) is 6.30. The Kier molecular flexibility index (Phi) is 4.72. The van der Waals surface area contributed by atoms with E-state index in [1.165, 1.54) is 18.9 Å². The molecule has 0 amide bonds. The Morgan fingerprint density at radius 2 is 2.17 bits per heavy atom. The second-order valence-corrected chi connectivity index (χ2v) is 5.28. The highest BCUT2D eigenvalue weighted by atomic mass is 19.1. The highest BCUT2D eigenvalue weighted by Gasteiger charge is 2.25. The molecule has 0 saturated heterocycles. The molecule has 3 unspecified atom stereocenters. The lowest BCUT2D eigenvalue weighted by molar-refractivity contribution is 0.147. The van der Waals surface area contributed by atoms with Crippen LogP contribution in [0.15, 0.2) is 24.3 Å². The molecule has 2 N–H and O–H groups in total. The molecule has 0 aromatic heterocycles. The minimum absolute atomic E-state index is 0.123. The van der Waals surface area contributed by atoms with E-state index in [-0.39, 0.29) is 18.5 Å². The lowest BCUT2D eigenvalue weighted by atomic mass is 9.84. The van der Waals surface area contributed by atoms with Crippen LogP contribution in [0.3, 0.4) is 0 Å². The van der Waals surface area contributed by atoms with Crippen molar-refractivity contribution in [3.05, 3.63) is 35.6 Å². The van der Waals surface area contributed by atoms with E-state index >= 15 is 0 Å². The summed E-state index contributed by atoms with van der Waals surface area (Å²) < 4.78 is 13.2. The lowest BCUT2D eigenvalue weighted by Gasteiger charge is -2.33. The van der Waals surface area contributed by atoms with Crippen molar-refractivity contribution in [2.75, 3.05) is 6.61 Å². The normalized spacial score (nSPS) is 25.9. The molecule has 0 spiro atoms. The maximum absolute atomic E-state index is 13.2. The predicted octanol–water partition coefficient (Wildman–Crippen LogP) is 3.03. The summed E-state index contributed by atoms with van der Waals surface area (Å²) in [6, 6.07) is 7.20. The molecule has 1 aromatic rings. The Bertz CT molecular complexity index is 383. The summed E-state index contributed by atoms with van der Waals surface area (Å²) in [7, 11) is 0. The zero-order valence-electron chi connectivity index (χ0n) is 10.9. The van der Waals surface area contributed by atoms with Gasteiger partial charge in [-0.25, -0.2) is 4.39 Å². The number of aliphatic hydroxyl groups excluding tert-OH is 1. The Morgan fingerprint density at radius 3 is 2.89 bits per heavy atom. The van der Waals surface area contributed by atoms with Crippen LogP contribution in [0.2, 0.25) is 0 Å². The summed E-state index contributed by atoms with van der Waals surface area (Å²) in [5.74, 6) is 0.151. The molecule has 3 heteroatoms. The largest absolute Gasteiger partial charge is 0.396 e. The van der Waals surface area contributed by atoms with Crippen LogP contribution >= 0.6 is 0 Å². The molecule has 0 radical (unpaired) electrons. The van der Waals surface area contributed by atoms with Crippen molar-refractivity contribution in [1.82, 2.24) is 5.32 Å². The van der Waals surface area contributed by atoms with Gasteiger partial charge in [0.2, 0.25) is 0 Å². The van der Waals surface area contributed by atoms with Crippen LogP contribution < -0.4 is 5.32 Å². The minimum atomic E-state index is -0.191. The zero-order valence-corrected chi connectivity index (χ0v) is 10.9. The maximum atomic E-state index is 13.2. The summed E-state index contributed by atoms with van der Waals surface area (Å²) in [5.41, 5.74) is 0.970. The fourth-order valence-electron chi connectivity index (χ4n) is 2.84. The number of hydrogen-bond donors (Lipinski definition) is 2. The molecular weight excluding hydrogens is 229 g/mol. The van der Waals surface area contributed by atoms with Crippen LogP contribution in [-0.4, -0.2) is 17.8 Å². The smallest absolute Gasteiger partial charge is 0.123 e. The van der Waals surface area contributed by atoms with E-state index in [1.807, 2.05) is 6.07 Å². The van der Waals surface area contributed by atoms with Gasteiger partial charge in [-0.05, 0) is 43.4 Å². The number of nitrogens with one attached hydrogen (secondary N) is 1. The van der Waals surface area contributed by atoms with E-state index in [0.29, 0.717) is 12.0 Å². The third-order valence-electron chi connectivity index (χ3n) is 3.96. The number of rotatable bonds is 4. The van der Waals surface area contributed by atoms with Gasteiger partial charge < -0.3 is 10.4 Å². The standard InChI is InChI=1S/C15H22FNO/c1-11(12-6-4-7-14(16)9-12)17-15-8-3-2-5-13(15)10-18/h4,6-7,9,11,13,15,17-18H,2-3,5,8,10H2,1H3. The molecule has 0 aliphatic heterocycles. The first-order valence-electron chi connectivity index (χ1n) is 6.83. The highest BCUT2D eigenvalue weighted by Crippen LogP contribution is 2.26. The third-order valence-corrected chi connectivity index (χ3v) is 3.96. The number of halogens is 1. The first-order valence-corrected chi connectivity index (χ1v) is 6.83. The van der Waals surface area contributed by atoms with Crippen molar-refractivity contribution in [3.63, 3.8) is 0 Å². The van der Waals surface area contributed by atoms with Crippen LogP contribution in [0.1, 0.15) is 44.2 Å². The minimum Gasteiger partial charge on any atom is -0.396 e. The molecule has 2 nitrogen and oxygen atoms in total. The van der Waals surface area contributed by atoms with Crippen molar-refractivity contribution in [1.29, 1.82) is 0 Å². The summed E-state index contributed by atoms with van der Waals surface area (Å²) in [5, 5.41) is 12.9. The first kappa shape index (κ1) is 13.5. The molecule has 2 rings (SSSR count). The lowest BCUT2D eigenvalue weighted by Crippen LogP contribution is -2.41. The van der Waals surface area contributed by atoms with Crippen molar-refractivity contribution < 1.29 is 9.50 Å². The van der Waals surface area contributed by atoms with Gasteiger partial charge in [0.05, 0.1) is 0 Å². The average molecular weight is 251 g/mol. The Balaban J connectivity index is 1.99. The van der Waals surface area contributed by atoms with Crippen molar-refractivity contribution in [2.45, 2.75) is 44.7 Å². The highest BCUT2D eigenvalue weighted by molar-refractivity contribution is 5.19. The molecule has 0 heterocycles. The zero-order chi connectivity index (χ0) is 13.0. The summed E-state index contributed by atoms with van der Waals surface area (Å²) in [6.07, 6.45) is 4.61. The molecule has 18 heavy (non-hydrogen) atoms. The van der Waals surface area contributed by atoms with Gasteiger partial charge in [-0.3, -0.25) is 0 Å². The van der Waals surface area contributed by atoms with E-state index in [4.69, 9.17) is 0 Å². The van der Waals surface area contributed by atoms with Gasteiger partial charge in [0.15, 0.2) is 0 Å². The van der Waals surface area contributed by atoms with E-state index in [9.17, 15) is 9.50 Å². The van der Waals surface area contributed by atoms with E-state index < -0.39 is 0 Å². The van der Waals surface area contributed by atoms with Gasteiger partial charge >= 0.3 is 0 Å². The number of benzene rings is 1. The molecule has 0 bridgehead atoms. The Hall–Kier alpha value is -0.930. The number of aliphatic hydroxyl groups is 1. The predicted molar refractivity (Wildman–Crippen MR) is 70.8 cm³/mol. The van der Waals surface area contributed by atoms with Crippen LogP contribution in [0, 0.1) is 11.7 Å². The molecule has 1 saturated carbocycles. The second-order valence-electron chi connectivity index (χ2n) is 5.28. The van der Waals surface area contributed by atoms with Crippen molar-refractivity contribution in [2.24, 2.45) is 5.92 Å². The third kappa shape index (κ3) is 3.30. The fraction of sp³-hybridized carbons (Fsp3) is 0.600. The van der Waals surface area contributed by atoms with Gasteiger partial charge in [0.1, 0.15) is 5.82 Å². The molecular formula is C15H22FNO. The molecule has 3 atom stereocenters. The van der Waals surface area contributed by atoms with Gasteiger partial charge in [-0.2, -0.15) is 0 Å². The summed E-state index contributed by atoms with van der Waals surface area (Å²) in [4.78, 5) is 0. The van der Waals surface area contributed by atoms with Crippen LogP contribution in [0.25, 0.3) is 0 Å². The SMILES string of the molecule is CC(NC1CCCCC1CO)c1cccc(F)c1. The van der Waals surface area contributed by atoms with Gasteiger partial charge in [0, 0.05) is 18.7 Å². The van der Waals surface area contributed by atoms with Crippen LogP contribution in [-0.2, 0) is 0 Å². The molecule has 1 aromatic carbocycles. The monoisotopic (exact) mass is 251 g/mol. The molecule has 1 aliphatic rings. The molecule has 1 fully saturated rings. The topological polar surface area (TPSA) is 32.3 Å². The van der Waals surface area contributed by atoms with Crippen LogP contribution in [0.5, 0.6) is 0 Å². The summed E-state index contributed by atoms with van der Waals surface area (Å²) in [6.45, 7) is 2.30. The van der Waals surface area contributed by atoms with E-state index in [2.05, 4.69) is 12.2 Å². The molecule has 1 aliphatic carbocycles. The van der Waals surface area contributed by atoms with E-state index in [1.54, 1.807) is 12.1 Å². The fourth-order valence-corrected chi connectivity index (χ4v) is 2.84. The Labute approximate surface area is 108 Å².